The van der Waals surface area contributed by atoms with Crippen molar-refractivity contribution >= 4 is 6.09 Å². The van der Waals surface area contributed by atoms with Crippen LogP contribution >= 0.6 is 0 Å². The van der Waals surface area contributed by atoms with E-state index in [2.05, 4.69) is 0 Å². The number of nitrogens with zero attached hydrogens (tertiary/aromatic N) is 3. The van der Waals surface area contributed by atoms with Crippen molar-refractivity contribution in [3.63, 3.8) is 0 Å². The van der Waals surface area contributed by atoms with Crippen molar-refractivity contribution in [2.24, 2.45) is 0 Å². The van der Waals surface area contributed by atoms with Gasteiger partial charge in [0.2, 0.25) is 0 Å². The van der Waals surface area contributed by atoms with Gasteiger partial charge < -0.3 is 14.6 Å². The van der Waals surface area contributed by atoms with Gasteiger partial charge >= 0.3 is 18.2 Å². The predicted octanol–water partition coefficient (Wildman–Crippen LogP) is -1.47. The Morgan fingerprint density at radius 3 is 2.94 bits per heavy atom. The van der Waals surface area contributed by atoms with E-state index in [4.69, 9.17) is 14.0 Å². The average molecular weight is 245 g/mol. The molecular weight excluding hydrogens is 230 g/mol. The van der Waals surface area contributed by atoms with E-state index in [1.807, 2.05) is 5.01 Å². The van der Waals surface area contributed by atoms with E-state index in [-0.39, 0.29) is 12.6 Å². The maximum Gasteiger partial charge on any atom is 0.612 e. The van der Waals surface area contributed by atoms with Crippen molar-refractivity contribution in [3.8, 4) is 5.95 Å². The van der Waals surface area contributed by atoms with Crippen LogP contribution in [0.3, 0.4) is 0 Å². The predicted molar refractivity (Wildman–Crippen MR) is 52.0 cm³/mol. The minimum absolute atomic E-state index is 0.233. The summed E-state index contributed by atoms with van der Waals surface area (Å²) in [6.07, 6.45) is 0.627. The van der Waals surface area contributed by atoms with E-state index in [9.17, 15) is 9.90 Å². The minimum Gasteiger partial charge on any atom is -0.473 e. The summed E-state index contributed by atoms with van der Waals surface area (Å²) >= 11 is 0. The molecule has 17 heavy (non-hydrogen) atoms. The number of rotatable bonds is 2. The molecule has 8 heteroatoms. The van der Waals surface area contributed by atoms with Crippen LogP contribution in [0.4, 0.5) is 4.79 Å². The zero-order valence-electron chi connectivity index (χ0n) is 9.53. The van der Waals surface area contributed by atoms with Crippen molar-refractivity contribution in [1.29, 1.82) is 0 Å². The van der Waals surface area contributed by atoms with Gasteiger partial charge in [0.05, 0.1) is 19.8 Å². The summed E-state index contributed by atoms with van der Waals surface area (Å²) in [6, 6.07) is 0. The lowest BCUT2D eigenvalue weighted by molar-refractivity contribution is -1.26. The lowest BCUT2D eigenvalue weighted by atomic mass is 10.5. The molecule has 0 bridgehead atoms. The second-order valence-electron chi connectivity index (χ2n) is 3.42. The number of carbonyl (C=O) groups excluding carboxylic acids is 1. The van der Waals surface area contributed by atoms with E-state index in [0.29, 0.717) is 26.3 Å². The van der Waals surface area contributed by atoms with Crippen LogP contribution in [0.2, 0.25) is 0 Å². The summed E-state index contributed by atoms with van der Waals surface area (Å²) in [5.41, 5.74) is 0. The van der Waals surface area contributed by atoms with E-state index in [0.717, 1.165) is 4.85 Å². The fourth-order valence-electron chi connectivity index (χ4n) is 1.56. The monoisotopic (exact) mass is 245 g/mol. The third-order valence-electron chi connectivity index (χ3n) is 2.29. The molecule has 2 heterocycles. The van der Waals surface area contributed by atoms with Crippen molar-refractivity contribution in [3.05, 3.63) is 6.20 Å². The van der Waals surface area contributed by atoms with Gasteiger partial charge in [0.15, 0.2) is 17.9 Å². The van der Waals surface area contributed by atoms with E-state index in [1.54, 1.807) is 6.92 Å². The molecule has 0 saturated carbocycles. The number of morpholine rings is 1. The van der Waals surface area contributed by atoms with Crippen LogP contribution < -0.4 is 14.7 Å². The van der Waals surface area contributed by atoms with Crippen molar-refractivity contribution in [2.75, 3.05) is 37.9 Å². The molecule has 1 aliphatic rings. The van der Waals surface area contributed by atoms with Crippen molar-refractivity contribution < 1.29 is 33.5 Å². The van der Waals surface area contributed by atoms with Crippen LogP contribution in [0.15, 0.2) is 10.7 Å². The summed E-state index contributed by atoms with van der Waals surface area (Å²) in [5.74, 6) is -0.357. The first-order valence-electron chi connectivity index (χ1n) is 5.39. The first kappa shape index (κ1) is 11.6. The zero-order chi connectivity index (χ0) is 12.3. The molecule has 0 amide bonds. The highest BCUT2D eigenvalue weighted by atomic mass is 16.7. The maximum atomic E-state index is 11.6. The number of ether oxygens (including phenoxy) is 2. The molecule has 1 fully saturated rings. The lowest BCUT2D eigenvalue weighted by Gasteiger charge is -2.13. The van der Waals surface area contributed by atoms with E-state index < -0.39 is 6.09 Å². The molecule has 0 aliphatic carbocycles. The van der Waals surface area contributed by atoms with Gasteiger partial charge in [-0.1, -0.05) is 0 Å². The molecule has 0 unspecified atom stereocenters. The summed E-state index contributed by atoms with van der Waals surface area (Å²) in [7, 11) is 0. The first-order valence-corrected chi connectivity index (χ1v) is 5.39. The number of hydrogen-bond acceptors (Lipinski definition) is 6. The Labute approximate surface area is 97.5 Å². The lowest BCUT2D eigenvalue weighted by Crippen LogP contribution is -2.79. The van der Waals surface area contributed by atoms with Crippen molar-refractivity contribution in [1.82, 2.24) is 0 Å². The topological polar surface area (TPSA) is 79.9 Å². The maximum absolute atomic E-state index is 11.6. The third kappa shape index (κ3) is 2.47. The Balaban J connectivity index is 2.22. The molecule has 0 aromatic carbocycles. The fraction of sp³-hybridized carbons (Fsp3) is 0.667. The normalized spacial score (nSPS) is 15.9. The molecule has 0 atom stereocenters. The number of aromatic nitrogens is 2. The molecule has 1 aliphatic heterocycles. The molecule has 1 aromatic rings. The molecule has 2 rings (SSSR count). The van der Waals surface area contributed by atoms with Crippen LogP contribution in [0.1, 0.15) is 6.92 Å². The highest BCUT2D eigenvalue weighted by Gasteiger charge is 2.39. The first-order chi connectivity index (χ1) is 8.22. The quantitative estimate of drug-likeness (QED) is 0.641. The van der Waals surface area contributed by atoms with E-state index >= 15 is 0 Å². The van der Waals surface area contributed by atoms with Crippen LogP contribution in [0.25, 0.3) is 0 Å². The summed E-state index contributed by atoms with van der Waals surface area (Å²) in [5, 5.41) is 11.1. The Kier molecular flexibility index (Phi) is 3.43. The van der Waals surface area contributed by atoms with Gasteiger partial charge in [-0.15, -0.1) is 0 Å². The van der Waals surface area contributed by atoms with Gasteiger partial charge in [0.1, 0.15) is 0 Å². The average Bonchev–Trinajstić information content (AvgIpc) is 2.73. The smallest absolute Gasteiger partial charge is 0.473 e. The molecular formula is C9H15N3O5+2. The van der Waals surface area contributed by atoms with Crippen LogP contribution in [-0.4, -0.2) is 44.1 Å². The number of aromatic hydroxyl groups is 1. The summed E-state index contributed by atoms with van der Waals surface area (Å²) in [6.45, 7) is 4.24. The largest absolute Gasteiger partial charge is 0.612 e. The summed E-state index contributed by atoms with van der Waals surface area (Å²) < 4.78 is 14.9. The Morgan fingerprint density at radius 2 is 2.29 bits per heavy atom. The number of carbonyl (C=O) groups is 1. The number of hydrogen-bond donors (Lipinski definition) is 1. The Morgan fingerprint density at radius 1 is 1.59 bits per heavy atom. The fourth-order valence-corrected chi connectivity index (χ4v) is 1.56. The van der Waals surface area contributed by atoms with Crippen molar-refractivity contribution in [2.45, 2.75) is 6.92 Å². The third-order valence-corrected chi connectivity index (χ3v) is 2.29. The molecule has 0 radical (unpaired) electrons. The standard InChI is InChI=1S/C9H14N3O5/c1-2-16-9(14)12-11(7-8(13)17-12)10-3-5-15-6-4-10/h7H,2-6H2,1H3/q+1/p+1. The molecule has 1 N–H and O–H groups in total. The van der Waals surface area contributed by atoms with Crippen LogP contribution in [-0.2, 0) is 9.47 Å². The molecule has 8 nitrogen and oxygen atoms in total. The van der Waals surface area contributed by atoms with Gasteiger partial charge in [-0.05, 0) is 11.9 Å². The van der Waals surface area contributed by atoms with Gasteiger partial charge in [-0.3, -0.25) is 0 Å². The van der Waals surface area contributed by atoms with Gasteiger partial charge in [-0.25, -0.2) is 0 Å². The minimum atomic E-state index is -0.681. The van der Waals surface area contributed by atoms with Gasteiger partial charge in [0, 0.05) is 0 Å². The van der Waals surface area contributed by atoms with Crippen LogP contribution in [0, 0.1) is 0 Å². The second kappa shape index (κ2) is 5.00. The summed E-state index contributed by atoms with van der Waals surface area (Å²) in [4.78, 5) is 13.8. The zero-order valence-corrected chi connectivity index (χ0v) is 9.53. The molecule has 0 spiro atoms. The molecule has 1 saturated heterocycles. The highest BCUT2D eigenvalue weighted by molar-refractivity contribution is 5.54. The Bertz CT molecular complexity index is 399. The SMILES string of the molecule is CCOC(=O)[n+]1oc(O)c[n+]1N1CCOCC1. The highest BCUT2D eigenvalue weighted by Crippen LogP contribution is 1.99. The van der Waals surface area contributed by atoms with Gasteiger partial charge in [0.25, 0.3) is 4.85 Å². The second-order valence-corrected chi connectivity index (χ2v) is 3.42. The molecule has 1 aromatic heterocycles. The Hall–Kier alpha value is -1.83. The van der Waals surface area contributed by atoms with E-state index in [1.165, 1.54) is 11.0 Å². The van der Waals surface area contributed by atoms with Crippen LogP contribution in [0.5, 0.6) is 5.95 Å². The molecule has 94 valence electrons. The van der Waals surface area contributed by atoms with Gasteiger partial charge in [-0.2, -0.15) is 9.32 Å².